The quantitative estimate of drug-likeness (QED) is 0.612. The first-order valence-corrected chi connectivity index (χ1v) is 11.0. The van der Waals surface area contributed by atoms with Gasteiger partial charge in [0.05, 0.1) is 0 Å². The highest BCUT2D eigenvalue weighted by atomic mass is 35.5. The molecule has 10 heteroatoms. The van der Waals surface area contributed by atoms with Gasteiger partial charge in [0, 0.05) is 42.0 Å². The number of anilines is 1. The molecule has 1 aliphatic rings. The smallest absolute Gasteiger partial charge is 0.278 e. The van der Waals surface area contributed by atoms with E-state index in [1.165, 1.54) is 19.4 Å². The van der Waals surface area contributed by atoms with E-state index in [0.29, 0.717) is 5.69 Å². The molecule has 178 valence electrons. The van der Waals surface area contributed by atoms with Crippen LogP contribution in [0.3, 0.4) is 0 Å². The SMILES string of the molecule is Cc1ccc(N(C(=O)[C@H](F)Cl)[C@@](C)(C(=O)NC2CCC(F)(F)CC2)c2cncnc2C)cc1. The zero-order valence-electron chi connectivity index (χ0n) is 18.6. The summed E-state index contributed by atoms with van der Waals surface area (Å²) in [5, 5.41) is 2.79. The fourth-order valence-corrected chi connectivity index (χ4v) is 4.22. The Morgan fingerprint density at radius 1 is 1.21 bits per heavy atom. The molecule has 1 fully saturated rings. The first-order chi connectivity index (χ1) is 15.5. The molecule has 6 nitrogen and oxygen atoms in total. The zero-order valence-corrected chi connectivity index (χ0v) is 19.4. The van der Waals surface area contributed by atoms with Crippen molar-refractivity contribution in [1.29, 1.82) is 0 Å². The number of alkyl halides is 4. The number of rotatable bonds is 6. The van der Waals surface area contributed by atoms with E-state index in [-0.39, 0.29) is 36.9 Å². The molecule has 2 amide bonds. The van der Waals surface area contributed by atoms with Crippen molar-refractivity contribution in [3.05, 3.63) is 53.6 Å². The van der Waals surface area contributed by atoms with E-state index in [0.717, 1.165) is 10.5 Å². The maximum Gasteiger partial charge on any atom is 0.278 e. The van der Waals surface area contributed by atoms with Gasteiger partial charge in [0.2, 0.25) is 5.92 Å². The Morgan fingerprint density at radius 2 is 1.82 bits per heavy atom. The summed E-state index contributed by atoms with van der Waals surface area (Å²) in [4.78, 5) is 35.9. The molecule has 1 heterocycles. The lowest BCUT2D eigenvalue weighted by molar-refractivity contribution is -0.132. The van der Waals surface area contributed by atoms with Gasteiger partial charge >= 0.3 is 0 Å². The number of aryl methyl sites for hydroxylation is 2. The predicted octanol–water partition coefficient (Wildman–Crippen LogP) is 4.57. The molecule has 1 N–H and O–H groups in total. The Labute approximate surface area is 195 Å². The largest absolute Gasteiger partial charge is 0.351 e. The summed E-state index contributed by atoms with van der Waals surface area (Å²) in [7, 11) is 0. The van der Waals surface area contributed by atoms with Crippen LogP contribution in [0.25, 0.3) is 0 Å². The molecule has 0 aliphatic heterocycles. The number of benzene rings is 1. The maximum absolute atomic E-state index is 14.2. The van der Waals surface area contributed by atoms with Gasteiger partial charge in [0.1, 0.15) is 6.33 Å². The topological polar surface area (TPSA) is 75.2 Å². The van der Waals surface area contributed by atoms with Gasteiger partial charge in [-0.25, -0.2) is 23.1 Å². The van der Waals surface area contributed by atoms with Crippen LogP contribution in [0, 0.1) is 13.8 Å². The van der Waals surface area contributed by atoms with Gasteiger partial charge in [-0.1, -0.05) is 29.3 Å². The van der Waals surface area contributed by atoms with Crippen LogP contribution >= 0.6 is 11.6 Å². The molecule has 0 bridgehead atoms. The minimum atomic E-state index is -2.77. The summed E-state index contributed by atoms with van der Waals surface area (Å²) in [6.45, 7) is 4.92. The summed E-state index contributed by atoms with van der Waals surface area (Å²) in [5.74, 6) is -4.57. The molecular formula is C23H26ClF3N4O2. The number of carbonyl (C=O) groups is 2. The molecular weight excluding hydrogens is 457 g/mol. The highest BCUT2D eigenvalue weighted by Crippen LogP contribution is 2.38. The molecule has 0 radical (unpaired) electrons. The van der Waals surface area contributed by atoms with Crippen LogP contribution < -0.4 is 10.2 Å². The molecule has 3 rings (SSSR count). The van der Waals surface area contributed by atoms with Crippen molar-refractivity contribution in [3.63, 3.8) is 0 Å². The van der Waals surface area contributed by atoms with E-state index in [4.69, 9.17) is 11.6 Å². The van der Waals surface area contributed by atoms with Gasteiger partial charge in [-0.15, -0.1) is 0 Å². The number of carbonyl (C=O) groups excluding carboxylic acids is 2. The van der Waals surface area contributed by atoms with E-state index in [1.807, 2.05) is 6.92 Å². The lowest BCUT2D eigenvalue weighted by Gasteiger charge is -2.42. The lowest BCUT2D eigenvalue weighted by Crippen LogP contribution is -2.60. The van der Waals surface area contributed by atoms with Crippen molar-refractivity contribution in [2.24, 2.45) is 0 Å². The van der Waals surface area contributed by atoms with E-state index < -0.39 is 34.9 Å². The Kier molecular flexibility index (Phi) is 7.31. The summed E-state index contributed by atoms with van der Waals surface area (Å²) in [5.41, 5.74) is -2.44. The second kappa shape index (κ2) is 9.67. The Hall–Kier alpha value is -2.68. The van der Waals surface area contributed by atoms with Crippen molar-refractivity contribution in [2.75, 3.05) is 4.90 Å². The minimum absolute atomic E-state index is 0.0822. The number of nitrogens with one attached hydrogen (secondary N) is 1. The molecule has 0 spiro atoms. The van der Waals surface area contributed by atoms with Crippen LogP contribution in [0.4, 0.5) is 18.9 Å². The highest BCUT2D eigenvalue weighted by Gasteiger charge is 2.49. The van der Waals surface area contributed by atoms with E-state index in [9.17, 15) is 22.8 Å². The Bertz CT molecular complexity index is 1010. The fourth-order valence-electron chi connectivity index (χ4n) is 4.12. The number of hydrogen-bond acceptors (Lipinski definition) is 4. The Balaban J connectivity index is 2.10. The zero-order chi connectivity index (χ0) is 24.4. The first-order valence-electron chi connectivity index (χ1n) is 10.6. The molecule has 1 aliphatic carbocycles. The second-order valence-electron chi connectivity index (χ2n) is 8.51. The van der Waals surface area contributed by atoms with Crippen LogP contribution in [0.15, 0.2) is 36.8 Å². The standard InChI is InChI=1S/C23H26ClF3N4O2/c1-14-4-6-17(7-5-14)31(20(32)19(24)25)22(3,18-12-28-13-29-15(18)2)21(33)30-16-8-10-23(26,27)11-9-16/h4-7,12-13,16,19H,8-11H2,1-3H3,(H,30,33)/t19-,22+/m0/s1. The Morgan fingerprint density at radius 3 is 2.36 bits per heavy atom. The molecule has 2 aromatic rings. The summed E-state index contributed by atoms with van der Waals surface area (Å²) in [6.07, 6.45) is 2.14. The minimum Gasteiger partial charge on any atom is -0.351 e. The fraction of sp³-hybridized carbons (Fsp3) is 0.478. The van der Waals surface area contributed by atoms with Crippen LogP contribution in [0.2, 0.25) is 0 Å². The monoisotopic (exact) mass is 482 g/mol. The van der Waals surface area contributed by atoms with Crippen molar-refractivity contribution in [3.8, 4) is 0 Å². The molecule has 33 heavy (non-hydrogen) atoms. The van der Waals surface area contributed by atoms with E-state index in [2.05, 4.69) is 15.3 Å². The molecule has 0 saturated heterocycles. The third kappa shape index (κ3) is 5.29. The number of amides is 2. The number of nitrogens with zero attached hydrogens (tertiary/aromatic N) is 3. The van der Waals surface area contributed by atoms with Gasteiger partial charge in [0.15, 0.2) is 5.54 Å². The van der Waals surface area contributed by atoms with Gasteiger partial charge < -0.3 is 5.32 Å². The van der Waals surface area contributed by atoms with E-state index in [1.54, 1.807) is 31.2 Å². The van der Waals surface area contributed by atoms with Crippen LogP contribution in [0.5, 0.6) is 0 Å². The van der Waals surface area contributed by atoms with Gasteiger partial charge in [0.25, 0.3) is 17.4 Å². The van der Waals surface area contributed by atoms with Crippen LogP contribution in [0.1, 0.15) is 49.4 Å². The molecule has 1 aromatic heterocycles. The summed E-state index contributed by atoms with van der Waals surface area (Å²) < 4.78 is 41.4. The molecule has 2 atom stereocenters. The molecule has 1 saturated carbocycles. The lowest BCUT2D eigenvalue weighted by atomic mass is 9.86. The number of aromatic nitrogens is 2. The summed E-state index contributed by atoms with van der Waals surface area (Å²) >= 11 is 5.56. The van der Waals surface area contributed by atoms with Crippen LogP contribution in [-0.4, -0.2) is 39.4 Å². The third-order valence-electron chi connectivity index (χ3n) is 6.08. The van der Waals surface area contributed by atoms with Crippen molar-refractivity contribution < 1.29 is 22.8 Å². The molecule has 1 aromatic carbocycles. The van der Waals surface area contributed by atoms with Crippen molar-refractivity contribution in [2.45, 2.75) is 69.6 Å². The second-order valence-corrected chi connectivity index (χ2v) is 8.89. The van der Waals surface area contributed by atoms with Gasteiger partial charge in [-0.3, -0.25) is 14.5 Å². The van der Waals surface area contributed by atoms with Gasteiger partial charge in [-0.2, -0.15) is 0 Å². The predicted molar refractivity (Wildman–Crippen MR) is 119 cm³/mol. The van der Waals surface area contributed by atoms with Crippen molar-refractivity contribution >= 4 is 29.1 Å². The number of hydrogen-bond donors (Lipinski definition) is 1. The van der Waals surface area contributed by atoms with Crippen molar-refractivity contribution in [1.82, 2.24) is 15.3 Å². The highest BCUT2D eigenvalue weighted by molar-refractivity contribution is 6.32. The number of halogens is 4. The maximum atomic E-state index is 14.2. The molecule has 0 unspecified atom stereocenters. The average Bonchev–Trinajstić information content (AvgIpc) is 2.76. The first kappa shape index (κ1) is 25.0. The third-order valence-corrected chi connectivity index (χ3v) is 6.26. The normalized spacial score (nSPS) is 18.8. The van der Waals surface area contributed by atoms with E-state index >= 15 is 0 Å². The van der Waals surface area contributed by atoms with Crippen LogP contribution in [-0.2, 0) is 15.1 Å². The summed E-state index contributed by atoms with van der Waals surface area (Å²) in [6, 6.07) is 6.07. The average molecular weight is 483 g/mol. The van der Waals surface area contributed by atoms with Gasteiger partial charge in [-0.05, 0) is 45.7 Å².